The van der Waals surface area contributed by atoms with Gasteiger partial charge in [-0.25, -0.2) is 0 Å². The monoisotopic (exact) mass is 185 g/mol. The average Bonchev–Trinajstić information content (AvgIpc) is 1.98. The summed E-state index contributed by atoms with van der Waals surface area (Å²) in [4.78, 5) is 15.2. The molecule has 0 bridgehead atoms. The van der Waals surface area contributed by atoms with Crippen LogP contribution in [0.25, 0.3) is 0 Å². The number of primary amides is 1. The molecule has 1 amide bonds. The Hall–Kier alpha value is -0.610. The summed E-state index contributed by atoms with van der Waals surface area (Å²) in [5.74, 6) is -0.232. The Morgan fingerprint density at radius 2 is 1.85 bits per heavy atom. The van der Waals surface area contributed by atoms with Crippen LogP contribution in [0.2, 0.25) is 0 Å². The number of likely N-dealkylation sites (N-methyl/N-ethyl adjacent to an activating group) is 1. The van der Waals surface area contributed by atoms with Crippen molar-refractivity contribution in [3.05, 3.63) is 0 Å². The van der Waals surface area contributed by atoms with Gasteiger partial charge in [-0.05, 0) is 20.9 Å². The molecule has 1 rings (SSSR count). The normalized spacial score (nSPS) is 31.9. The molecule has 2 unspecified atom stereocenters. The first-order chi connectivity index (χ1) is 6.00. The Morgan fingerprint density at radius 1 is 1.38 bits per heavy atom. The number of carbonyl (C=O) groups excluding carboxylic acids is 1. The fourth-order valence-corrected chi connectivity index (χ4v) is 1.86. The third kappa shape index (κ3) is 2.67. The van der Waals surface area contributed by atoms with Gasteiger partial charge in [0.2, 0.25) is 5.91 Å². The van der Waals surface area contributed by atoms with Crippen molar-refractivity contribution in [2.75, 3.05) is 26.7 Å². The van der Waals surface area contributed by atoms with Gasteiger partial charge < -0.3 is 5.73 Å². The highest BCUT2D eigenvalue weighted by Crippen LogP contribution is 2.12. The maximum absolute atomic E-state index is 10.7. The molecule has 0 aromatic rings. The van der Waals surface area contributed by atoms with Crippen molar-refractivity contribution in [2.45, 2.75) is 25.9 Å². The summed E-state index contributed by atoms with van der Waals surface area (Å²) in [6.45, 7) is 6.60. The maximum Gasteiger partial charge on any atom is 0.231 e. The smallest absolute Gasteiger partial charge is 0.231 e. The Kier molecular flexibility index (Phi) is 3.27. The highest BCUT2D eigenvalue weighted by Gasteiger charge is 2.26. The van der Waals surface area contributed by atoms with Gasteiger partial charge in [-0.1, -0.05) is 0 Å². The number of nitrogens with zero attached hydrogens (tertiary/aromatic N) is 2. The van der Waals surface area contributed by atoms with E-state index in [1.54, 1.807) is 0 Å². The predicted octanol–water partition coefficient (Wildman–Crippen LogP) is -0.504. The number of hydrogen-bond acceptors (Lipinski definition) is 3. The van der Waals surface area contributed by atoms with E-state index in [-0.39, 0.29) is 5.91 Å². The van der Waals surface area contributed by atoms with Gasteiger partial charge in [-0.3, -0.25) is 14.6 Å². The molecule has 76 valence electrons. The van der Waals surface area contributed by atoms with Crippen molar-refractivity contribution in [1.29, 1.82) is 0 Å². The summed E-state index contributed by atoms with van der Waals surface area (Å²) >= 11 is 0. The van der Waals surface area contributed by atoms with Crippen LogP contribution < -0.4 is 5.73 Å². The van der Waals surface area contributed by atoms with Gasteiger partial charge in [-0.2, -0.15) is 0 Å². The SMILES string of the molecule is CC1CN(CC(N)=O)CC(C)N1C. The standard InChI is InChI=1S/C9H19N3O/c1-7-4-12(6-9(10)13)5-8(2)11(7)3/h7-8H,4-6H2,1-3H3,(H2,10,13). The van der Waals surface area contributed by atoms with Crippen molar-refractivity contribution in [3.63, 3.8) is 0 Å². The highest BCUT2D eigenvalue weighted by atomic mass is 16.1. The third-order valence-electron chi connectivity index (χ3n) is 2.81. The number of carbonyl (C=O) groups is 1. The van der Waals surface area contributed by atoms with Crippen molar-refractivity contribution in [3.8, 4) is 0 Å². The minimum atomic E-state index is -0.232. The van der Waals surface area contributed by atoms with Crippen LogP contribution in [-0.4, -0.2) is 54.5 Å². The van der Waals surface area contributed by atoms with Gasteiger partial charge in [0.15, 0.2) is 0 Å². The summed E-state index contributed by atoms with van der Waals surface area (Å²) in [6.07, 6.45) is 0. The summed E-state index contributed by atoms with van der Waals surface area (Å²) in [7, 11) is 2.12. The molecule has 1 saturated heterocycles. The first kappa shape index (κ1) is 10.5. The molecule has 0 saturated carbocycles. The molecule has 1 fully saturated rings. The lowest BCUT2D eigenvalue weighted by Crippen LogP contribution is -2.56. The van der Waals surface area contributed by atoms with Crippen LogP contribution in [0.15, 0.2) is 0 Å². The second kappa shape index (κ2) is 4.07. The van der Waals surface area contributed by atoms with E-state index in [0.29, 0.717) is 18.6 Å². The van der Waals surface area contributed by atoms with Crippen molar-refractivity contribution >= 4 is 5.91 Å². The zero-order valence-electron chi connectivity index (χ0n) is 8.66. The Balaban J connectivity index is 2.48. The molecule has 0 radical (unpaired) electrons. The van der Waals surface area contributed by atoms with E-state index < -0.39 is 0 Å². The first-order valence-electron chi connectivity index (χ1n) is 4.73. The number of piperazine rings is 1. The largest absolute Gasteiger partial charge is 0.369 e. The molecule has 0 aromatic carbocycles. The minimum absolute atomic E-state index is 0.232. The molecule has 4 nitrogen and oxygen atoms in total. The molecular formula is C9H19N3O. The first-order valence-corrected chi connectivity index (χ1v) is 4.73. The molecule has 4 heteroatoms. The van der Waals surface area contributed by atoms with Crippen LogP contribution in [0.1, 0.15) is 13.8 Å². The van der Waals surface area contributed by atoms with Crippen LogP contribution in [0, 0.1) is 0 Å². The second-order valence-corrected chi connectivity index (χ2v) is 4.02. The average molecular weight is 185 g/mol. The van der Waals surface area contributed by atoms with E-state index in [0.717, 1.165) is 13.1 Å². The van der Waals surface area contributed by atoms with Crippen molar-refractivity contribution in [2.24, 2.45) is 5.73 Å². The number of amides is 1. The van der Waals surface area contributed by atoms with Crippen LogP contribution in [0.4, 0.5) is 0 Å². The van der Waals surface area contributed by atoms with Gasteiger partial charge in [-0.15, -0.1) is 0 Å². The lowest BCUT2D eigenvalue weighted by Gasteiger charge is -2.41. The molecular weight excluding hydrogens is 166 g/mol. The zero-order chi connectivity index (χ0) is 10.0. The molecule has 1 aliphatic heterocycles. The van der Waals surface area contributed by atoms with E-state index in [2.05, 4.69) is 30.7 Å². The van der Waals surface area contributed by atoms with Gasteiger partial charge >= 0.3 is 0 Å². The Bertz CT molecular complexity index is 183. The Labute approximate surface area is 79.7 Å². The molecule has 1 heterocycles. The summed E-state index contributed by atoms with van der Waals surface area (Å²) in [6, 6.07) is 1.01. The van der Waals surface area contributed by atoms with Gasteiger partial charge in [0.05, 0.1) is 6.54 Å². The van der Waals surface area contributed by atoms with Crippen LogP contribution in [0.3, 0.4) is 0 Å². The van der Waals surface area contributed by atoms with E-state index in [1.807, 2.05) is 0 Å². The third-order valence-corrected chi connectivity index (χ3v) is 2.81. The minimum Gasteiger partial charge on any atom is -0.369 e. The quantitative estimate of drug-likeness (QED) is 0.631. The van der Waals surface area contributed by atoms with Crippen molar-refractivity contribution in [1.82, 2.24) is 9.80 Å². The Morgan fingerprint density at radius 3 is 2.23 bits per heavy atom. The lowest BCUT2D eigenvalue weighted by molar-refractivity contribution is -0.120. The number of rotatable bonds is 2. The topological polar surface area (TPSA) is 49.6 Å². The highest BCUT2D eigenvalue weighted by molar-refractivity contribution is 5.75. The van der Waals surface area contributed by atoms with Gasteiger partial charge in [0, 0.05) is 25.2 Å². The van der Waals surface area contributed by atoms with Crippen LogP contribution in [-0.2, 0) is 4.79 Å². The molecule has 2 N–H and O–H groups in total. The molecule has 0 aromatic heterocycles. The molecule has 2 atom stereocenters. The second-order valence-electron chi connectivity index (χ2n) is 4.02. The van der Waals surface area contributed by atoms with Crippen LogP contribution in [0.5, 0.6) is 0 Å². The molecule has 1 aliphatic rings. The zero-order valence-corrected chi connectivity index (χ0v) is 8.66. The maximum atomic E-state index is 10.7. The van der Waals surface area contributed by atoms with Gasteiger partial charge in [0.1, 0.15) is 0 Å². The molecule has 13 heavy (non-hydrogen) atoms. The van der Waals surface area contributed by atoms with Crippen LogP contribution >= 0.6 is 0 Å². The van der Waals surface area contributed by atoms with E-state index in [4.69, 9.17) is 5.73 Å². The summed E-state index contributed by atoms with van der Waals surface area (Å²) in [5.41, 5.74) is 5.15. The van der Waals surface area contributed by atoms with Gasteiger partial charge in [0.25, 0.3) is 0 Å². The fourth-order valence-electron chi connectivity index (χ4n) is 1.86. The number of nitrogens with two attached hydrogens (primary N) is 1. The van der Waals surface area contributed by atoms with E-state index in [1.165, 1.54) is 0 Å². The predicted molar refractivity (Wildman–Crippen MR) is 52.3 cm³/mol. The lowest BCUT2D eigenvalue weighted by atomic mass is 10.1. The van der Waals surface area contributed by atoms with E-state index in [9.17, 15) is 4.79 Å². The molecule has 0 spiro atoms. The number of hydrogen-bond donors (Lipinski definition) is 1. The van der Waals surface area contributed by atoms with Crippen molar-refractivity contribution < 1.29 is 4.79 Å². The van der Waals surface area contributed by atoms with E-state index >= 15 is 0 Å². The summed E-state index contributed by atoms with van der Waals surface area (Å²) in [5, 5.41) is 0. The fraction of sp³-hybridized carbons (Fsp3) is 0.889. The molecule has 0 aliphatic carbocycles. The summed E-state index contributed by atoms with van der Waals surface area (Å²) < 4.78 is 0.